The van der Waals surface area contributed by atoms with Crippen molar-refractivity contribution < 1.29 is 19.6 Å². The number of ketones is 1. The fraction of sp³-hybridized carbons (Fsp3) is 0.316. The monoisotopic (exact) mass is 399 g/mol. The molecule has 1 atom stereocenters. The van der Waals surface area contributed by atoms with Crippen LogP contribution in [0.5, 0.6) is 0 Å². The summed E-state index contributed by atoms with van der Waals surface area (Å²) in [6, 6.07) is 12.2. The van der Waals surface area contributed by atoms with E-state index in [9.17, 15) is 19.6 Å². The Morgan fingerprint density at radius 2 is 2.04 bits per heavy atom. The zero-order valence-corrected chi connectivity index (χ0v) is 16.1. The third-order valence-corrected chi connectivity index (χ3v) is 5.19. The molecule has 1 heterocycles. The molecular weight excluding hydrogens is 377 g/mol. The number of amides is 1. The van der Waals surface area contributed by atoms with Crippen LogP contribution in [0.25, 0.3) is 0 Å². The molecule has 0 aliphatic heterocycles. The molecule has 3 rings (SSSR count). The number of nitrogens with one attached hydrogen (secondary N) is 2. The number of hydrogen-bond donors (Lipinski definition) is 4. The van der Waals surface area contributed by atoms with Gasteiger partial charge in [-0.3, -0.25) is 19.3 Å². The largest absolute Gasteiger partial charge is 0.475 e. The van der Waals surface area contributed by atoms with E-state index in [0.29, 0.717) is 23.6 Å². The smallest absolute Gasteiger partial charge is 0.426 e. The summed E-state index contributed by atoms with van der Waals surface area (Å²) in [7, 11) is -1.56. The second-order valence-electron chi connectivity index (χ2n) is 6.76. The summed E-state index contributed by atoms with van der Waals surface area (Å²) in [5, 5.41) is 21.4. The van der Waals surface area contributed by atoms with E-state index in [1.807, 2.05) is 6.07 Å². The first-order valence-corrected chi connectivity index (χ1v) is 9.95. The highest BCUT2D eigenvalue weighted by molar-refractivity contribution is 7.97. The molecular formula is C19H22BN3O4S. The van der Waals surface area contributed by atoms with Gasteiger partial charge in [0.25, 0.3) is 0 Å². The maximum atomic E-state index is 12.5. The Hall–Kier alpha value is -2.20. The van der Waals surface area contributed by atoms with Crippen LogP contribution >= 0.6 is 11.9 Å². The fourth-order valence-corrected chi connectivity index (χ4v) is 3.46. The van der Waals surface area contributed by atoms with Crippen molar-refractivity contribution >= 4 is 30.8 Å². The van der Waals surface area contributed by atoms with Gasteiger partial charge in [-0.05, 0) is 48.6 Å². The summed E-state index contributed by atoms with van der Waals surface area (Å²) in [4.78, 5) is 29.3. The van der Waals surface area contributed by atoms with Gasteiger partial charge in [0.1, 0.15) is 5.69 Å². The van der Waals surface area contributed by atoms with Crippen molar-refractivity contribution in [1.82, 2.24) is 15.0 Å². The highest BCUT2D eigenvalue weighted by Gasteiger charge is 2.32. The molecule has 2 aromatic rings. The van der Waals surface area contributed by atoms with Crippen LogP contribution in [0.2, 0.25) is 0 Å². The minimum Gasteiger partial charge on any atom is -0.426 e. The minimum absolute atomic E-state index is 0.0109. The van der Waals surface area contributed by atoms with Crippen LogP contribution in [0, 0.1) is 5.92 Å². The number of benzene rings is 1. The predicted octanol–water partition coefficient (Wildman–Crippen LogP) is 1.21. The second kappa shape index (κ2) is 9.84. The van der Waals surface area contributed by atoms with Gasteiger partial charge >= 0.3 is 7.12 Å². The van der Waals surface area contributed by atoms with E-state index in [4.69, 9.17) is 0 Å². The third-order valence-electron chi connectivity index (χ3n) is 4.41. The quantitative estimate of drug-likeness (QED) is 0.270. The molecule has 1 aliphatic rings. The predicted molar refractivity (Wildman–Crippen MR) is 107 cm³/mol. The van der Waals surface area contributed by atoms with Gasteiger partial charge in [-0.2, -0.15) is 0 Å². The molecule has 1 fully saturated rings. The highest BCUT2D eigenvalue weighted by Crippen LogP contribution is 2.33. The summed E-state index contributed by atoms with van der Waals surface area (Å²) in [5.41, 5.74) is 0.893. The fourth-order valence-electron chi connectivity index (χ4n) is 2.76. The Labute approximate surface area is 168 Å². The summed E-state index contributed by atoms with van der Waals surface area (Å²) in [5.74, 6) is -0.660. The molecule has 1 aliphatic carbocycles. The molecule has 1 aromatic carbocycles. The lowest BCUT2D eigenvalue weighted by molar-refractivity contribution is -0.120. The van der Waals surface area contributed by atoms with Gasteiger partial charge in [0, 0.05) is 16.7 Å². The second-order valence-corrected chi connectivity index (χ2v) is 7.73. The Morgan fingerprint density at radius 1 is 1.21 bits per heavy atom. The zero-order chi connectivity index (χ0) is 19.9. The number of carbonyl (C=O) groups excluding carboxylic acids is 2. The van der Waals surface area contributed by atoms with Crippen LogP contribution in [0.15, 0.2) is 53.6 Å². The molecule has 9 heteroatoms. The Balaban J connectivity index is 1.49. The van der Waals surface area contributed by atoms with E-state index in [-0.39, 0.29) is 18.2 Å². The maximum absolute atomic E-state index is 12.5. The van der Waals surface area contributed by atoms with Crippen LogP contribution in [0.1, 0.15) is 35.3 Å². The first-order valence-electron chi connectivity index (χ1n) is 9.14. The first kappa shape index (κ1) is 20.5. The number of nitrogens with zero attached hydrogens (tertiary/aromatic N) is 1. The summed E-state index contributed by atoms with van der Waals surface area (Å²) < 4.78 is 2.94. The minimum atomic E-state index is -1.56. The van der Waals surface area contributed by atoms with Crippen molar-refractivity contribution in [3.05, 3.63) is 59.9 Å². The van der Waals surface area contributed by atoms with Crippen molar-refractivity contribution in [2.45, 2.75) is 30.1 Å². The normalized spacial score (nSPS) is 14.4. The standard InChI is InChI=1S/C19H22BN3O4S/c24-18(23-17(20(26)27)10-13-7-8-13)12-22-28-15-5-3-4-14(11-15)19(25)16-6-1-2-9-21-16/h1-6,9,11,13,17,22,26-27H,7-8,10,12H2,(H,23,24). The molecule has 7 nitrogen and oxygen atoms in total. The molecule has 0 radical (unpaired) electrons. The van der Waals surface area contributed by atoms with E-state index >= 15 is 0 Å². The zero-order valence-electron chi connectivity index (χ0n) is 15.2. The van der Waals surface area contributed by atoms with Gasteiger partial charge in [-0.1, -0.05) is 31.0 Å². The van der Waals surface area contributed by atoms with Crippen molar-refractivity contribution in [3.8, 4) is 0 Å². The van der Waals surface area contributed by atoms with Crippen LogP contribution in [-0.2, 0) is 4.79 Å². The number of pyridine rings is 1. The molecule has 4 N–H and O–H groups in total. The van der Waals surface area contributed by atoms with Gasteiger partial charge in [0.15, 0.2) is 0 Å². The van der Waals surface area contributed by atoms with Crippen molar-refractivity contribution in [2.75, 3.05) is 6.54 Å². The molecule has 0 spiro atoms. The van der Waals surface area contributed by atoms with E-state index in [2.05, 4.69) is 15.0 Å². The lowest BCUT2D eigenvalue weighted by Gasteiger charge is -2.17. The molecule has 28 heavy (non-hydrogen) atoms. The highest BCUT2D eigenvalue weighted by atomic mass is 32.2. The molecule has 1 aromatic heterocycles. The van der Waals surface area contributed by atoms with Crippen molar-refractivity contribution in [3.63, 3.8) is 0 Å². The Bertz CT molecular complexity index is 818. The van der Waals surface area contributed by atoms with Crippen LogP contribution in [0.4, 0.5) is 0 Å². The van der Waals surface area contributed by atoms with Crippen molar-refractivity contribution in [2.24, 2.45) is 5.92 Å². The molecule has 0 saturated heterocycles. The average molecular weight is 399 g/mol. The van der Waals surface area contributed by atoms with Crippen LogP contribution in [-0.4, -0.2) is 46.3 Å². The number of carbonyl (C=O) groups is 2. The van der Waals surface area contributed by atoms with Gasteiger partial charge in [-0.15, -0.1) is 0 Å². The van der Waals surface area contributed by atoms with Gasteiger partial charge in [0.2, 0.25) is 11.7 Å². The van der Waals surface area contributed by atoms with Crippen molar-refractivity contribution in [1.29, 1.82) is 0 Å². The van der Waals surface area contributed by atoms with E-state index in [0.717, 1.165) is 17.7 Å². The van der Waals surface area contributed by atoms with E-state index < -0.39 is 13.1 Å². The van der Waals surface area contributed by atoms with Gasteiger partial charge in [0.05, 0.1) is 12.5 Å². The lowest BCUT2D eigenvalue weighted by Crippen LogP contribution is -2.48. The third kappa shape index (κ3) is 6.17. The molecule has 1 amide bonds. The topological polar surface area (TPSA) is 112 Å². The van der Waals surface area contributed by atoms with Crippen LogP contribution in [0.3, 0.4) is 0 Å². The Morgan fingerprint density at radius 3 is 2.71 bits per heavy atom. The molecule has 1 saturated carbocycles. The lowest BCUT2D eigenvalue weighted by atomic mass is 9.76. The molecule has 0 bridgehead atoms. The molecule has 1 unspecified atom stereocenters. The Kier molecular flexibility index (Phi) is 7.21. The number of hydrogen-bond acceptors (Lipinski definition) is 7. The van der Waals surface area contributed by atoms with Gasteiger partial charge < -0.3 is 15.4 Å². The number of rotatable bonds is 10. The maximum Gasteiger partial charge on any atom is 0.475 e. The number of aromatic nitrogens is 1. The average Bonchev–Trinajstić information content (AvgIpc) is 3.52. The first-order chi connectivity index (χ1) is 13.5. The van der Waals surface area contributed by atoms with Gasteiger partial charge in [-0.25, -0.2) is 0 Å². The van der Waals surface area contributed by atoms with E-state index in [1.54, 1.807) is 42.6 Å². The summed E-state index contributed by atoms with van der Waals surface area (Å²) in [6.07, 6.45) is 4.29. The van der Waals surface area contributed by atoms with E-state index in [1.165, 1.54) is 11.9 Å². The van der Waals surface area contributed by atoms with Crippen LogP contribution < -0.4 is 10.0 Å². The summed E-state index contributed by atoms with van der Waals surface area (Å²) >= 11 is 1.23. The summed E-state index contributed by atoms with van der Waals surface area (Å²) in [6.45, 7) is 0.0109. The molecule has 146 valence electrons. The SMILES string of the molecule is O=C(CNSc1cccc(C(=O)c2ccccn2)c1)NC(CC1CC1)B(O)O.